The van der Waals surface area contributed by atoms with Crippen LogP contribution >= 0.6 is 0 Å². The molecule has 3 aliphatic heterocycles. The first kappa shape index (κ1) is 38.6. The quantitative estimate of drug-likeness (QED) is 0.115. The molecule has 4 aliphatic rings. The van der Waals surface area contributed by atoms with Gasteiger partial charge in [-0.25, -0.2) is 0 Å². The molecule has 0 spiro atoms. The van der Waals surface area contributed by atoms with E-state index in [0.717, 1.165) is 87.3 Å². The highest BCUT2D eigenvalue weighted by atomic mass is 16.5. The number of anilines is 2. The topological polar surface area (TPSA) is 29.6 Å². The molecular weight excluding hydrogens is 759 g/mol. The number of rotatable bonds is 12. The SMILES string of the molecule is CCCCn1/c(=C/C=C2\CCC(/C=C/C3=[N+](CCCC)c4cc5c(c6cccc3c46)OC(C)C5)=C2N(c2ccccc2)c2ccccc2)c2cccc3c4c(cc1c32)CC(C)O4. The molecule has 62 heavy (non-hydrogen) atoms. The lowest BCUT2D eigenvalue weighted by atomic mass is 9.98. The minimum Gasteiger partial charge on any atom is -0.489 e. The molecule has 0 amide bonds. The zero-order valence-electron chi connectivity index (χ0n) is 36.6. The number of benzene rings is 6. The van der Waals surface area contributed by atoms with Crippen LogP contribution in [0.5, 0.6) is 11.5 Å². The highest BCUT2D eigenvalue weighted by molar-refractivity contribution is 6.21. The van der Waals surface area contributed by atoms with Gasteiger partial charge in [-0.1, -0.05) is 106 Å². The van der Waals surface area contributed by atoms with Gasteiger partial charge in [0.15, 0.2) is 0 Å². The van der Waals surface area contributed by atoms with Crippen LogP contribution in [0.1, 0.15) is 82.9 Å². The number of aryl methyl sites for hydroxylation is 1. The predicted molar refractivity (Wildman–Crippen MR) is 258 cm³/mol. The van der Waals surface area contributed by atoms with Gasteiger partial charge in [0.1, 0.15) is 30.3 Å². The van der Waals surface area contributed by atoms with Gasteiger partial charge in [0.2, 0.25) is 11.4 Å². The molecule has 1 aromatic heterocycles. The van der Waals surface area contributed by atoms with Gasteiger partial charge in [-0.2, -0.15) is 4.58 Å². The molecule has 1 aliphatic carbocycles. The molecule has 11 rings (SSSR count). The Morgan fingerprint density at radius 2 is 1.32 bits per heavy atom. The van der Waals surface area contributed by atoms with E-state index in [1.165, 1.54) is 82.7 Å². The second kappa shape index (κ2) is 15.9. The van der Waals surface area contributed by atoms with E-state index in [0.29, 0.717) is 0 Å². The normalized spacial score (nSPS) is 19.0. The van der Waals surface area contributed by atoms with Crippen LogP contribution in [0.15, 0.2) is 144 Å². The standard InChI is InChI=1S/C57H56N3O2/c1-5-7-31-58-49(45-21-15-23-47-53(45)51(58)35-41-33-37(3)61-56(41)47)29-27-39-25-26-40(55(39)60(43-17-11-9-12-18-43)44-19-13-10-14-20-44)28-30-50-46-22-16-24-48-54(46)52(59(50)32-8-6-2)36-42-34-38(4)62-57(42)48/h9-24,27-30,35-38H,5-8,25-26,31-34H2,1-4H3/q+1. The van der Waals surface area contributed by atoms with Crippen LogP contribution in [0.25, 0.3) is 38.5 Å². The third-order valence-electron chi connectivity index (χ3n) is 13.6. The predicted octanol–water partition coefficient (Wildman–Crippen LogP) is 13.2. The number of hydrogen-bond acceptors (Lipinski definition) is 3. The molecule has 0 radical (unpaired) electrons. The summed E-state index contributed by atoms with van der Waals surface area (Å²) < 4.78 is 18.1. The minimum atomic E-state index is 0.207. The van der Waals surface area contributed by atoms with Crippen molar-refractivity contribution < 1.29 is 14.0 Å². The van der Waals surface area contributed by atoms with Crippen molar-refractivity contribution >= 4 is 61.3 Å². The van der Waals surface area contributed by atoms with Crippen LogP contribution < -0.4 is 19.7 Å². The largest absolute Gasteiger partial charge is 0.489 e. The molecule has 2 atom stereocenters. The van der Waals surface area contributed by atoms with E-state index in [2.05, 4.69) is 175 Å². The van der Waals surface area contributed by atoms with Gasteiger partial charge in [-0.05, 0) is 86.7 Å². The molecule has 5 heteroatoms. The van der Waals surface area contributed by atoms with Crippen molar-refractivity contribution in [3.8, 4) is 11.5 Å². The number of allylic oxidation sites excluding steroid dienone is 5. The van der Waals surface area contributed by atoms with Crippen molar-refractivity contribution in [2.45, 2.75) is 97.8 Å². The van der Waals surface area contributed by atoms with Crippen molar-refractivity contribution in [1.29, 1.82) is 0 Å². The fourth-order valence-electron chi connectivity index (χ4n) is 10.8. The minimum absolute atomic E-state index is 0.207. The Morgan fingerprint density at radius 3 is 2.02 bits per heavy atom. The molecule has 7 aromatic rings. The lowest BCUT2D eigenvalue weighted by molar-refractivity contribution is -0.436. The summed E-state index contributed by atoms with van der Waals surface area (Å²) in [5, 5.41) is 7.71. The Bertz CT molecular complexity index is 3040. The van der Waals surface area contributed by atoms with Gasteiger partial charge in [0.05, 0.1) is 22.2 Å². The second-order valence-corrected chi connectivity index (χ2v) is 17.8. The Kier molecular flexibility index (Phi) is 9.86. The maximum absolute atomic E-state index is 6.45. The van der Waals surface area contributed by atoms with E-state index in [1.807, 2.05) is 0 Å². The third-order valence-corrected chi connectivity index (χ3v) is 13.6. The van der Waals surface area contributed by atoms with E-state index in [-0.39, 0.29) is 12.2 Å². The van der Waals surface area contributed by atoms with E-state index >= 15 is 0 Å². The fraction of sp³-hybridized carbons (Fsp3) is 0.281. The number of fused-ring (bicyclic) bond motifs is 4. The molecule has 0 bridgehead atoms. The van der Waals surface area contributed by atoms with Gasteiger partial charge < -0.3 is 18.9 Å². The second-order valence-electron chi connectivity index (χ2n) is 17.8. The number of aromatic nitrogens is 1. The molecule has 310 valence electrons. The summed E-state index contributed by atoms with van der Waals surface area (Å²) in [5.74, 6) is 2.15. The number of nitrogens with zero attached hydrogens (tertiary/aromatic N) is 3. The van der Waals surface area contributed by atoms with E-state index in [1.54, 1.807) is 0 Å². The summed E-state index contributed by atoms with van der Waals surface area (Å²) in [6.07, 6.45) is 18.5. The van der Waals surface area contributed by atoms with Crippen molar-refractivity contribution in [2.24, 2.45) is 0 Å². The van der Waals surface area contributed by atoms with Gasteiger partial charge >= 0.3 is 0 Å². The lowest BCUT2D eigenvalue weighted by Gasteiger charge is -2.28. The molecule has 2 unspecified atom stereocenters. The summed E-state index contributed by atoms with van der Waals surface area (Å²) in [6, 6.07) is 40.3. The van der Waals surface area contributed by atoms with Crippen LogP contribution in [0, 0.1) is 0 Å². The van der Waals surface area contributed by atoms with Crippen LogP contribution in [0.3, 0.4) is 0 Å². The van der Waals surface area contributed by atoms with Crippen LogP contribution in [0.2, 0.25) is 0 Å². The molecular formula is C57H56N3O2+. The Hall–Kier alpha value is -6.33. The fourth-order valence-corrected chi connectivity index (χ4v) is 10.8. The summed E-state index contributed by atoms with van der Waals surface area (Å²) in [4.78, 5) is 2.49. The Labute approximate surface area is 365 Å². The van der Waals surface area contributed by atoms with E-state index < -0.39 is 0 Å². The van der Waals surface area contributed by atoms with Gasteiger partial charge in [-0.15, -0.1) is 0 Å². The van der Waals surface area contributed by atoms with Crippen molar-refractivity contribution in [2.75, 3.05) is 11.4 Å². The van der Waals surface area contributed by atoms with Gasteiger partial charge in [-0.3, -0.25) is 0 Å². The number of ether oxygens (including phenoxy) is 2. The molecule has 0 fully saturated rings. The van der Waals surface area contributed by atoms with Gasteiger partial charge in [0, 0.05) is 87.3 Å². The van der Waals surface area contributed by atoms with Crippen LogP contribution in [-0.4, -0.2) is 33.6 Å². The average molecular weight is 815 g/mol. The summed E-state index contributed by atoms with van der Waals surface area (Å²) >= 11 is 0. The zero-order valence-corrected chi connectivity index (χ0v) is 36.6. The third kappa shape index (κ3) is 6.39. The smallest absolute Gasteiger partial charge is 0.215 e. The van der Waals surface area contributed by atoms with Gasteiger partial charge in [0.25, 0.3) is 0 Å². The monoisotopic (exact) mass is 814 g/mol. The number of unbranched alkanes of at least 4 members (excludes halogenated alkanes) is 2. The molecule has 0 saturated carbocycles. The summed E-state index contributed by atoms with van der Waals surface area (Å²) in [5.41, 5.74) is 14.2. The Morgan fingerprint density at radius 1 is 0.677 bits per heavy atom. The lowest BCUT2D eigenvalue weighted by Crippen LogP contribution is -2.18. The molecule has 4 heterocycles. The van der Waals surface area contributed by atoms with Crippen molar-refractivity contribution in [1.82, 2.24) is 4.57 Å². The molecule has 0 N–H and O–H groups in total. The zero-order chi connectivity index (χ0) is 41.9. The van der Waals surface area contributed by atoms with E-state index in [9.17, 15) is 0 Å². The molecule has 6 aromatic carbocycles. The van der Waals surface area contributed by atoms with Crippen LogP contribution in [0.4, 0.5) is 17.1 Å². The van der Waals surface area contributed by atoms with Crippen molar-refractivity contribution in [3.63, 3.8) is 0 Å². The van der Waals surface area contributed by atoms with Crippen molar-refractivity contribution in [3.05, 3.63) is 166 Å². The highest BCUT2D eigenvalue weighted by Gasteiger charge is 2.36. The first-order valence-corrected chi connectivity index (χ1v) is 23.2. The van der Waals surface area contributed by atoms with E-state index in [4.69, 9.17) is 9.47 Å². The maximum Gasteiger partial charge on any atom is 0.215 e. The van der Waals surface area contributed by atoms with Crippen LogP contribution in [-0.2, 0) is 19.4 Å². The first-order valence-electron chi connectivity index (χ1n) is 23.2. The maximum atomic E-state index is 6.45. The summed E-state index contributed by atoms with van der Waals surface area (Å²) in [7, 11) is 0. The highest BCUT2D eigenvalue weighted by Crippen LogP contribution is 2.47. The molecule has 0 saturated heterocycles. The number of para-hydroxylation sites is 2. The first-order chi connectivity index (χ1) is 30.5. The average Bonchev–Trinajstić information content (AvgIpc) is 4.11. The molecule has 5 nitrogen and oxygen atoms in total. The number of hydrogen-bond donors (Lipinski definition) is 0. The Balaban J connectivity index is 1.11. The summed E-state index contributed by atoms with van der Waals surface area (Å²) in [6.45, 7) is 10.9.